The fourth-order valence-corrected chi connectivity index (χ4v) is 4.07. The van der Waals surface area contributed by atoms with Crippen molar-refractivity contribution in [2.75, 3.05) is 38.2 Å². The number of rotatable bonds is 9. The van der Waals surface area contributed by atoms with Crippen molar-refractivity contribution in [3.63, 3.8) is 0 Å². The SMILES string of the molecule is CCCC[C@H](c1nnnn1Cc1ccco1)N1CCN(c2ccc(OC)cc2)CC1. The molecule has 3 aromatic rings. The van der Waals surface area contributed by atoms with Crippen LogP contribution in [-0.2, 0) is 6.54 Å². The van der Waals surface area contributed by atoms with Gasteiger partial charge in [-0.25, -0.2) is 4.68 Å². The quantitative estimate of drug-likeness (QED) is 0.535. The third kappa shape index (κ3) is 4.64. The van der Waals surface area contributed by atoms with E-state index in [1.54, 1.807) is 13.4 Å². The molecule has 8 heteroatoms. The molecule has 1 fully saturated rings. The summed E-state index contributed by atoms with van der Waals surface area (Å²) in [5, 5.41) is 12.6. The zero-order valence-electron chi connectivity index (χ0n) is 17.8. The third-order valence-corrected chi connectivity index (χ3v) is 5.77. The van der Waals surface area contributed by atoms with E-state index in [1.165, 1.54) is 5.69 Å². The summed E-state index contributed by atoms with van der Waals surface area (Å²) in [6, 6.07) is 12.4. The van der Waals surface area contributed by atoms with Crippen molar-refractivity contribution >= 4 is 5.69 Å². The summed E-state index contributed by atoms with van der Waals surface area (Å²) in [7, 11) is 1.70. The Morgan fingerprint density at radius 3 is 2.57 bits per heavy atom. The monoisotopic (exact) mass is 410 g/mol. The molecule has 0 radical (unpaired) electrons. The molecule has 4 rings (SSSR count). The molecule has 1 aliphatic rings. The van der Waals surface area contributed by atoms with Crippen LogP contribution in [-0.4, -0.2) is 58.4 Å². The Bertz CT molecular complexity index is 885. The van der Waals surface area contributed by atoms with E-state index >= 15 is 0 Å². The lowest BCUT2D eigenvalue weighted by atomic mass is 10.1. The molecule has 1 saturated heterocycles. The van der Waals surface area contributed by atoms with E-state index in [4.69, 9.17) is 9.15 Å². The van der Waals surface area contributed by atoms with Crippen LogP contribution in [0, 0.1) is 0 Å². The summed E-state index contributed by atoms with van der Waals surface area (Å²) in [6.07, 6.45) is 5.04. The van der Waals surface area contributed by atoms with Gasteiger partial charge in [-0.05, 0) is 53.2 Å². The summed E-state index contributed by atoms with van der Waals surface area (Å²) in [6.45, 7) is 6.71. The van der Waals surface area contributed by atoms with E-state index in [-0.39, 0.29) is 6.04 Å². The fraction of sp³-hybridized carbons (Fsp3) is 0.500. The highest BCUT2D eigenvalue weighted by Gasteiger charge is 2.29. The predicted molar refractivity (Wildman–Crippen MR) is 115 cm³/mol. The summed E-state index contributed by atoms with van der Waals surface area (Å²) in [4.78, 5) is 4.96. The van der Waals surface area contributed by atoms with Gasteiger partial charge in [0, 0.05) is 31.9 Å². The molecule has 0 spiro atoms. The number of furan rings is 1. The summed E-state index contributed by atoms with van der Waals surface area (Å²) in [5.74, 6) is 2.68. The number of hydrogen-bond acceptors (Lipinski definition) is 7. The number of anilines is 1. The molecule has 8 nitrogen and oxygen atoms in total. The van der Waals surface area contributed by atoms with E-state index in [1.807, 2.05) is 28.9 Å². The van der Waals surface area contributed by atoms with Gasteiger partial charge in [0.05, 0.1) is 19.4 Å². The first-order valence-electron chi connectivity index (χ1n) is 10.7. The minimum atomic E-state index is 0.216. The molecule has 0 bridgehead atoms. The Labute approximate surface area is 177 Å². The van der Waals surface area contributed by atoms with Crippen LogP contribution in [0.3, 0.4) is 0 Å². The number of benzene rings is 1. The number of unbranched alkanes of at least 4 members (excludes halogenated alkanes) is 1. The smallest absolute Gasteiger partial charge is 0.168 e. The van der Waals surface area contributed by atoms with E-state index in [0.717, 1.165) is 62.8 Å². The second-order valence-electron chi connectivity index (χ2n) is 7.65. The fourth-order valence-electron chi connectivity index (χ4n) is 4.07. The molecule has 1 aliphatic heterocycles. The molecular weight excluding hydrogens is 380 g/mol. The number of nitrogens with zero attached hydrogens (tertiary/aromatic N) is 6. The van der Waals surface area contributed by atoms with Crippen LogP contribution in [0.1, 0.15) is 43.8 Å². The second kappa shape index (κ2) is 9.75. The molecule has 0 saturated carbocycles. The lowest BCUT2D eigenvalue weighted by Crippen LogP contribution is -2.48. The molecule has 0 unspecified atom stereocenters. The first-order valence-corrected chi connectivity index (χ1v) is 10.7. The first-order chi connectivity index (χ1) is 14.8. The normalized spacial score (nSPS) is 16.0. The maximum absolute atomic E-state index is 5.50. The van der Waals surface area contributed by atoms with E-state index in [2.05, 4.69) is 44.4 Å². The number of hydrogen-bond donors (Lipinski definition) is 0. The van der Waals surface area contributed by atoms with Crippen LogP contribution in [0.15, 0.2) is 47.1 Å². The van der Waals surface area contributed by atoms with Crippen LogP contribution < -0.4 is 9.64 Å². The van der Waals surface area contributed by atoms with Crippen molar-refractivity contribution in [2.24, 2.45) is 0 Å². The van der Waals surface area contributed by atoms with E-state index < -0.39 is 0 Å². The van der Waals surface area contributed by atoms with Crippen molar-refractivity contribution in [3.8, 4) is 5.75 Å². The average Bonchev–Trinajstić information content (AvgIpc) is 3.47. The van der Waals surface area contributed by atoms with Gasteiger partial charge < -0.3 is 14.1 Å². The van der Waals surface area contributed by atoms with Crippen LogP contribution in [0.5, 0.6) is 5.75 Å². The van der Waals surface area contributed by atoms with E-state index in [0.29, 0.717) is 6.54 Å². The lowest BCUT2D eigenvalue weighted by Gasteiger charge is -2.39. The van der Waals surface area contributed by atoms with Gasteiger partial charge in [0.1, 0.15) is 18.1 Å². The molecule has 2 aromatic heterocycles. The molecule has 0 amide bonds. The Balaban J connectivity index is 1.45. The maximum atomic E-state index is 5.50. The minimum Gasteiger partial charge on any atom is -0.497 e. The van der Waals surface area contributed by atoms with Crippen molar-refractivity contribution in [3.05, 3.63) is 54.2 Å². The topological polar surface area (TPSA) is 72.5 Å². The number of tetrazole rings is 1. The Morgan fingerprint density at radius 2 is 1.90 bits per heavy atom. The van der Waals surface area contributed by atoms with E-state index in [9.17, 15) is 0 Å². The summed E-state index contributed by atoms with van der Waals surface area (Å²) in [5.41, 5.74) is 1.24. The number of ether oxygens (including phenoxy) is 1. The Kier molecular flexibility index (Phi) is 6.63. The molecule has 0 aliphatic carbocycles. The second-order valence-corrected chi connectivity index (χ2v) is 7.65. The summed E-state index contributed by atoms with van der Waals surface area (Å²) >= 11 is 0. The van der Waals surface area contributed by atoms with Gasteiger partial charge in [0.25, 0.3) is 0 Å². The van der Waals surface area contributed by atoms with Crippen molar-refractivity contribution in [1.82, 2.24) is 25.1 Å². The highest BCUT2D eigenvalue weighted by molar-refractivity contribution is 5.49. The standard InChI is InChI=1S/C22H30N6O2/c1-3-4-7-21(22-23-24-25-28(22)17-20-6-5-16-30-20)27-14-12-26(13-15-27)18-8-10-19(29-2)11-9-18/h5-6,8-11,16,21H,3-4,7,12-15,17H2,1-2H3/t21-/m1/s1. The van der Waals surface area contributed by atoms with Crippen LogP contribution >= 0.6 is 0 Å². The zero-order valence-corrected chi connectivity index (χ0v) is 17.8. The molecule has 30 heavy (non-hydrogen) atoms. The van der Waals surface area contributed by atoms with Crippen LogP contribution in [0.4, 0.5) is 5.69 Å². The predicted octanol–water partition coefficient (Wildman–Crippen LogP) is 3.38. The van der Waals surface area contributed by atoms with Gasteiger partial charge in [-0.15, -0.1) is 5.10 Å². The van der Waals surface area contributed by atoms with Crippen LogP contribution in [0.2, 0.25) is 0 Å². The molecule has 1 aromatic carbocycles. The highest BCUT2D eigenvalue weighted by atomic mass is 16.5. The van der Waals surface area contributed by atoms with Crippen molar-refractivity contribution < 1.29 is 9.15 Å². The van der Waals surface area contributed by atoms with Gasteiger partial charge in [-0.3, -0.25) is 4.90 Å². The highest BCUT2D eigenvalue weighted by Crippen LogP contribution is 2.28. The van der Waals surface area contributed by atoms with Gasteiger partial charge in [-0.1, -0.05) is 19.8 Å². The molecule has 3 heterocycles. The van der Waals surface area contributed by atoms with Gasteiger partial charge in [-0.2, -0.15) is 0 Å². The lowest BCUT2D eigenvalue weighted by molar-refractivity contribution is 0.162. The molecule has 0 N–H and O–H groups in total. The summed E-state index contributed by atoms with van der Waals surface area (Å²) < 4.78 is 12.7. The Hall–Kier alpha value is -2.87. The minimum absolute atomic E-state index is 0.216. The van der Waals surface area contributed by atoms with Crippen molar-refractivity contribution in [2.45, 2.75) is 38.8 Å². The third-order valence-electron chi connectivity index (χ3n) is 5.77. The Morgan fingerprint density at radius 1 is 1.10 bits per heavy atom. The number of aromatic nitrogens is 4. The molecular formula is C22H30N6O2. The van der Waals surface area contributed by atoms with Gasteiger partial charge in [0.15, 0.2) is 5.82 Å². The molecule has 1 atom stereocenters. The maximum Gasteiger partial charge on any atom is 0.168 e. The molecule has 160 valence electrons. The number of methoxy groups -OCH3 is 1. The number of piperazine rings is 1. The largest absolute Gasteiger partial charge is 0.497 e. The first kappa shape index (κ1) is 20.4. The zero-order chi connectivity index (χ0) is 20.8. The van der Waals surface area contributed by atoms with Crippen LogP contribution in [0.25, 0.3) is 0 Å². The van der Waals surface area contributed by atoms with Gasteiger partial charge >= 0.3 is 0 Å². The van der Waals surface area contributed by atoms with Crippen molar-refractivity contribution in [1.29, 1.82) is 0 Å². The van der Waals surface area contributed by atoms with Gasteiger partial charge in [0.2, 0.25) is 0 Å². The average molecular weight is 411 g/mol.